The Hall–Kier alpha value is -1.89. The monoisotopic (exact) mass is 330 g/mol. The van der Waals surface area contributed by atoms with Crippen LogP contribution in [0.15, 0.2) is 30.3 Å². The van der Waals surface area contributed by atoms with Crippen molar-refractivity contribution in [2.24, 2.45) is 0 Å². The molecule has 128 valence electrons. The molecular weight excluding hydrogens is 308 g/mol. The number of fused-ring (bicyclic) bond motifs is 1. The molecule has 4 rings (SSSR count). The zero-order valence-corrected chi connectivity index (χ0v) is 13.5. The number of aliphatic hydroxyl groups is 2. The van der Waals surface area contributed by atoms with Gasteiger partial charge in [-0.2, -0.15) is 0 Å². The molecule has 2 fully saturated rings. The van der Waals surface area contributed by atoms with E-state index in [9.17, 15) is 10.2 Å². The van der Waals surface area contributed by atoms with Crippen LogP contribution in [0, 0.1) is 0 Å². The van der Waals surface area contributed by atoms with E-state index in [-0.39, 0.29) is 13.2 Å². The van der Waals surface area contributed by atoms with Crippen molar-refractivity contribution < 1.29 is 19.7 Å². The van der Waals surface area contributed by atoms with Crippen LogP contribution in [0.2, 0.25) is 0 Å². The topological polar surface area (TPSA) is 75.0 Å². The highest BCUT2D eigenvalue weighted by molar-refractivity contribution is 5.81. The van der Waals surface area contributed by atoms with Gasteiger partial charge in [-0.3, -0.25) is 0 Å². The fraction of sp³-hybridized carbons (Fsp3) is 0.500. The van der Waals surface area contributed by atoms with E-state index in [4.69, 9.17) is 14.5 Å². The molecule has 0 spiro atoms. The fourth-order valence-electron chi connectivity index (χ4n) is 3.29. The Morgan fingerprint density at radius 1 is 1.17 bits per heavy atom. The summed E-state index contributed by atoms with van der Waals surface area (Å²) in [4.78, 5) is 7.05. The molecule has 3 heterocycles. The molecule has 1 aromatic heterocycles. The first-order chi connectivity index (χ1) is 11.7. The third kappa shape index (κ3) is 3.05. The summed E-state index contributed by atoms with van der Waals surface area (Å²) < 4.78 is 11.1. The van der Waals surface area contributed by atoms with Gasteiger partial charge in [0.15, 0.2) is 0 Å². The van der Waals surface area contributed by atoms with Crippen LogP contribution in [-0.4, -0.2) is 59.8 Å². The predicted octanol–water partition coefficient (Wildman–Crippen LogP) is 1.33. The number of benzene rings is 1. The average Bonchev–Trinajstić information content (AvgIpc) is 3.24. The standard InChI is InChI=1S/C18H22N2O4/c21-15-10-24-16(18(15)22)11-23-13-5-3-12-4-6-17(19-14(12)9-13)20-7-1-2-8-20/h3-6,9,15-16,18,21-22H,1-2,7-8,10-11H2. The number of pyridine rings is 1. The lowest BCUT2D eigenvalue weighted by atomic mass is 10.1. The van der Waals surface area contributed by atoms with Crippen molar-refractivity contribution in [3.8, 4) is 5.75 Å². The molecule has 3 unspecified atom stereocenters. The SMILES string of the molecule is OC1COC(COc2ccc3ccc(N4CCCC4)nc3c2)C1O. The number of hydrogen-bond donors (Lipinski definition) is 2. The van der Waals surface area contributed by atoms with Crippen LogP contribution in [0.25, 0.3) is 10.9 Å². The molecular formula is C18H22N2O4. The lowest BCUT2D eigenvalue weighted by Gasteiger charge is -2.17. The van der Waals surface area contributed by atoms with Gasteiger partial charge in [0, 0.05) is 24.5 Å². The summed E-state index contributed by atoms with van der Waals surface area (Å²) in [6.45, 7) is 2.48. The Morgan fingerprint density at radius 2 is 1.96 bits per heavy atom. The summed E-state index contributed by atoms with van der Waals surface area (Å²) in [6.07, 6.45) is 0.210. The zero-order valence-electron chi connectivity index (χ0n) is 13.5. The molecule has 2 saturated heterocycles. The van der Waals surface area contributed by atoms with Crippen LogP contribution >= 0.6 is 0 Å². The van der Waals surface area contributed by atoms with Crippen molar-refractivity contribution in [3.63, 3.8) is 0 Å². The summed E-state index contributed by atoms with van der Waals surface area (Å²) in [5, 5.41) is 20.4. The van der Waals surface area contributed by atoms with Gasteiger partial charge in [0.05, 0.1) is 12.1 Å². The first kappa shape index (κ1) is 15.6. The number of hydrogen-bond acceptors (Lipinski definition) is 6. The van der Waals surface area contributed by atoms with Crippen LogP contribution in [0.1, 0.15) is 12.8 Å². The Balaban J connectivity index is 1.49. The number of aromatic nitrogens is 1. The van der Waals surface area contributed by atoms with E-state index in [0.29, 0.717) is 5.75 Å². The molecule has 3 atom stereocenters. The average molecular weight is 330 g/mol. The molecule has 0 saturated carbocycles. The number of nitrogens with zero attached hydrogens (tertiary/aromatic N) is 2. The maximum atomic E-state index is 9.79. The molecule has 2 aliphatic heterocycles. The number of anilines is 1. The Bertz CT molecular complexity index is 717. The maximum Gasteiger partial charge on any atom is 0.129 e. The maximum absolute atomic E-state index is 9.79. The summed E-state index contributed by atoms with van der Waals surface area (Å²) in [5.74, 6) is 1.69. The highest BCUT2D eigenvalue weighted by Gasteiger charge is 2.34. The van der Waals surface area contributed by atoms with E-state index in [1.165, 1.54) is 12.8 Å². The molecule has 2 N–H and O–H groups in total. The van der Waals surface area contributed by atoms with Gasteiger partial charge in [0.25, 0.3) is 0 Å². The van der Waals surface area contributed by atoms with Gasteiger partial charge in [0.2, 0.25) is 0 Å². The fourth-order valence-corrected chi connectivity index (χ4v) is 3.29. The van der Waals surface area contributed by atoms with Gasteiger partial charge in [-0.15, -0.1) is 0 Å². The molecule has 0 radical (unpaired) electrons. The second-order valence-electron chi connectivity index (χ2n) is 6.46. The van der Waals surface area contributed by atoms with E-state index in [2.05, 4.69) is 17.0 Å². The lowest BCUT2D eigenvalue weighted by molar-refractivity contribution is -0.0000675. The third-order valence-electron chi connectivity index (χ3n) is 4.75. The highest BCUT2D eigenvalue weighted by atomic mass is 16.6. The van der Waals surface area contributed by atoms with Crippen molar-refractivity contribution in [1.29, 1.82) is 0 Å². The molecule has 2 aromatic rings. The Labute approximate surface area is 140 Å². The van der Waals surface area contributed by atoms with E-state index in [1.807, 2.05) is 18.2 Å². The van der Waals surface area contributed by atoms with Crippen LogP contribution in [0.4, 0.5) is 5.82 Å². The molecule has 1 aromatic carbocycles. The van der Waals surface area contributed by atoms with Crippen molar-refractivity contribution in [1.82, 2.24) is 4.98 Å². The Morgan fingerprint density at radius 3 is 2.71 bits per heavy atom. The van der Waals surface area contributed by atoms with E-state index < -0.39 is 18.3 Å². The third-order valence-corrected chi connectivity index (χ3v) is 4.75. The van der Waals surface area contributed by atoms with E-state index >= 15 is 0 Å². The summed E-state index contributed by atoms with van der Waals surface area (Å²) in [7, 11) is 0. The highest BCUT2D eigenvalue weighted by Crippen LogP contribution is 2.25. The van der Waals surface area contributed by atoms with E-state index in [1.54, 1.807) is 0 Å². The molecule has 0 aliphatic carbocycles. The quantitative estimate of drug-likeness (QED) is 0.881. The minimum atomic E-state index is -0.898. The van der Waals surface area contributed by atoms with Gasteiger partial charge in [-0.05, 0) is 37.1 Å². The van der Waals surface area contributed by atoms with Gasteiger partial charge in [-0.25, -0.2) is 4.98 Å². The summed E-state index contributed by atoms with van der Waals surface area (Å²) in [5.41, 5.74) is 0.893. The summed E-state index contributed by atoms with van der Waals surface area (Å²) >= 11 is 0. The smallest absolute Gasteiger partial charge is 0.129 e. The van der Waals surface area contributed by atoms with Crippen LogP contribution in [0.3, 0.4) is 0 Å². The molecule has 6 nitrogen and oxygen atoms in total. The second kappa shape index (κ2) is 6.55. The second-order valence-corrected chi connectivity index (χ2v) is 6.46. The number of rotatable bonds is 4. The van der Waals surface area contributed by atoms with E-state index in [0.717, 1.165) is 29.8 Å². The van der Waals surface area contributed by atoms with Crippen LogP contribution < -0.4 is 9.64 Å². The number of ether oxygens (including phenoxy) is 2. The molecule has 0 amide bonds. The molecule has 0 bridgehead atoms. The van der Waals surface area contributed by atoms with Gasteiger partial charge >= 0.3 is 0 Å². The first-order valence-corrected chi connectivity index (χ1v) is 8.47. The predicted molar refractivity (Wildman–Crippen MR) is 90.4 cm³/mol. The zero-order chi connectivity index (χ0) is 16.5. The van der Waals surface area contributed by atoms with Crippen molar-refractivity contribution in [2.45, 2.75) is 31.2 Å². The summed E-state index contributed by atoms with van der Waals surface area (Å²) in [6, 6.07) is 9.93. The number of aliphatic hydroxyl groups excluding tert-OH is 2. The first-order valence-electron chi connectivity index (χ1n) is 8.47. The molecule has 2 aliphatic rings. The van der Waals surface area contributed by atoms with Crippen molar-refractivity contribution in [2.75, 3.05) is 31.2 Å². The van der Waals surface area contributed by atoms with Gasteiger partial charge in [-0.1, -0.05) is 0 Å². The van der Waals surface area contributed by atoms with Crippen molar-refractivity contribution >= 4 is 16.7 Å². The Kier molecular flexibility index (Phi) is 4.26. The minimum Gasteiger partial charge on any atom is -0.491 e. The van der Waals surface area contributed by atoms with Crippen LogP contribution in [-0.2, 0) is 4.74 Å². The normalized spacial score (nSPS) is 27.1. The minimum absolute atomic E-state index is 0.146. The van der Waals surface area contributed by atoms with Gasteiger partial charge < -0.3 is 24.6 Å². The molecule has 6 heteroatoms. The van der Waals surface area contributed by atoms with Crippen molar-refractivity contribution in [3.05, 3.63) is 30.3 Å². The van der Waals surface area contributed by atoms with Gasteiger partial charge in [0.1, 0.15) is 36.5 Å². The van der Waals surface area contributed by atoms with Crippen LogP contribution in [0.5, 0.6) is 5.75 Å². The lowest BCUT2D eigenvalue weighted by Crippen LogP contribution is -2.33. The molecule has 24 heavy (non-hydrogen) atoms. The largest absolute Gasteiger partial charge is 0.491 e.